The molecular formula is C22H18Cl3N3O2S. The normalized spacial score (nSPS) is 15.9. The van der Waals surface area contributed by atoms with Crippen LogP contribution in [-0.2, 0) is 11.3 Å². The third kappa shape index (κ3) is 5.64. The second kappa shape index (κ2) is 10.1. The van der Waals surface area contributed by atoms with Gasteiger partial charge in [-0.1, -0.05) is 58.7 Å². The van der Waals surface area contributed by atoms with E-state index in [1.54, 1.807) is 37.2 Å². The number of pyridine rings is 1. The Balaban J connectivity index is 1.62. The summed E-state index contributed by atoms with van der Waals surface area (Å²) >= 11 is 20.1. The molecule has 0 saturated carbocycles. The lowest BCUT2D eigenvalue weighted by Gasteiger charge is -2.23. The fourth-order valence-corrected chi connectivity index (χ4v) is 4.69. The maximum absolute atomic E-state index is 6.33. The molecule has 0 aliphatic carbocycles. The van der Waals surface area contributed by atoms with Gasteiger partial charge in [-0.05, 0) is 48.4 Å². The minimum Gasteiger partial charge on any atom is -0.497 e. The lowest BCUT2D eigenvalue weighted by Crippen LogP contribution is -2.37. The van der Waals surface area contributed by atoms with Crippen molar-refractivity contribution in [2.45, 2.75) is 22.3 Å². The average molecular weight is 495 g/mol. The number of hydroxylamine groups is 1. The highest BCUT2D eigenvalue weighted by molar-refractivity contribution is 7.99. The van der Waals surface area contributed by atoms with Crippen molar-refractivity contribution in [1.29, 1.82) is 0 Å². The Morgan fingerprint density at radius 3 is 2.84 bits per heavy atom. The van der Waals surface area contributed by atoms with E-state index in [0.717, 1.165) is 26.7 Å². The van der Waals surface area contributed by atoms with E-state index in [4.69, 9.17) is 49.4 Å². The Morgan fingerprint density at radius 1 is 1.16 bits per heavy atom. The molecule has 2 heterocycles. The van der Waals surface area contributed by atoms with Gasteiger partial charge in [-0.2, -0.15) is 0 Å². The molecule has 1 aromatic heterocycles. The topological polar surface area (TPSA) is 55.7 Å². The first kappa shape index (κ1) is 22.2. The first-order valence-corrected chi connectivity index (χ1v) is 11.3. The Hall–Kier alpha value is -1.96. The fraction of sp³-hybridized carbons (Fsp3) is 0.182. The summed E-state index contributed by atoms with van der Waals surface area (Å²) in [5.41, 5.74) is 4.69. The molecule has 5 nitrogen and oxygen atoms in total. The highest BCUT2D eigenvalue weighted by atomic mass is 35.5. The third-order valence-electron chi connectivity index (χ3n) is 4.59. The van der Waals surface area contributed by atoms with Crippen molar-refractivity contribution >= 4 is 52.4 Å². The van der Waals surface area contributed by atoms with E-state index in [9.17, 15) is 0 Å². The second-order valence-electron chi connectivity index (χ2n) is 6.77. The number of methoxy groups -OCH3 is 1. The molecule has 1 aliphatic rings. The summed E-state index contributed by atoms with van der Waals surface area (Å²) in [6, 6.07) is 14.9. The molecule has 31 heavy (non-hydrogen) atoms. The number of aromatic nitrogens is 1. The lowest BCUT2D eigenvalue weighted by atomic mass is 10.1. The molecule has 1 atom stereocenters. The standard InChI is InChI=1S/C22H18Cl3N3O2S/c1-29-16-3-2-4-17(9-16)31-20-11-26-21(25)10-18(20)22-27-15(12-30-28-22)7-13-5-6-14(23)8-19(13)24/h2-6,8-11,15H,7,12H2,1H3,(H,27,28)/t15-/m0/s1. The average Bonchev–Trinajstić information content (AvgIpc) is 2.77. The number of hydrogen-bond donors (Lipinski definition) is 1. The van der Waals surface area contributed by atoms with Gasteiger partial charge in [-0.15, -0.1) is 0 Å². The first-order chi connectivity index (χ1) is 15.0. The highest BCUT2D eigenvalue weighted by Crippen LogP contribution is 2.33. The van der Waals surface area contributed by atoms with Crippen molar-refractivity contribution in [2.24, 2.45) is 4.99 Å². The summed E-state index contributed by atoms with van der Waals surface area (Å²) in [5, 5.41) is 1.59. The molecular weight excluding hydrogens is 477 g/mol. The summed E-state index contributed by atoms with van der Waals surface area (Å²) in [7, 11) is 1.64. The molecule has 1 aliphatic heterocycles. The van der Waals surface area contributed by atoms with E-state index < -0.39 is 0 Å². The highest BCUT2D eigenvalue weighted by Gasteiger charge is 2.21. The summed E-state index contributed by atoms with van der Waals surface area (Å²) < 4.78 is 5.32. The summed E-state index contributed by atoms with van der Waals surface area (Å²) in [6.07, 6.45) is 2.35. The fourth-order valence-electron chi connectivity index (χ4n) is 3.10. The Labute approximate surface area is 199 Å². The molecule has 0 unspecified atom stereocenters. The zero-order valence-corrected chi connectivity index (χ0v) is 19.5. The van der Waals surface area contributed by atoms with Crippen LogP contribution in [0.5, 0.6) is 5.75 Å². The van der Waals surface area contributed by atoms with Gasteiger partial charge in [0, 0.05) is 31.6 Å². The molecule has 0 fully saturated rings. The molecule has 3 aromatic rings. The van der Waals surface area contributed by atoms with Crippen molar-refractivity contribution in [1.82, 2.24) is 10.5 Å². The molecule has 0 radical (unpaired) electrons. The van der Waals surface area contributed by atoms with Gasteiger partial charge < -0.3 is 4.74 Å². The van der Waals surface area contributed by atoms with Crippen LogP contribution in [0.3, 0.4) is 0 Å². The van der Waals surface area contributed by atoms with Crippen LogP contribution in [-0.4, -0.2) is 30.6 Å². The van der Waals surface area contributed by atoms with Crippen molar-refractivity contribution in [3.05, 3.63) is 81.1 Å². The predicted molar refractivity (Wildman–Crippen MR) is 126 cm³/mol. The van der Waals surface area contributed by atoms with E-state index in [1.807, 2.05) is 36.4 Å². The molecule has 0 saturated heterocycles. The van der Waals surface area contributed by atoms with Crippen LogP contribution in [0.2, 0.25) is 15.2 Å². The molecule has 4 rings (SSSR count). The van der Waals surface area contributed by atoms with Gasteiger partial charge in [0.2, 0.25) is 0 Å². The number of aliphatic imine (C=N–C) groups is 1. The van der Waals surface area contributed by atoms with Crippen LogP contribution in [0, 0.1) is 0 Å². The van der Waals surface area contributed by atoms with E-state index in [2.05, 4.69) is 10.5 Å². The van der Waals surface area contributed by atoms with Gasteiger partial charge in [-0.3, -0.25) is 9.83 Å². The lowest BCUT2D eigenvalue weighted by molar-refractivity contribution is 0.0623. The smallest absolute Gasteiger partial charge is 0.154 e. The van der Waals surface area contributed by atoms with E-state index in [1.165, 1.54) is 0 Å². The number of benzene rings is 2. The largest absolute Gasteiger partial charge is 0.497 e. The van der Waals surface area contributed by atoms with Crippen LogP contribution >= 0.6 is 46.6 Å². The van der Waals surface area contributed by atoms with Crippen LogP contribution in [0.15, 0.2) is 69.5 Å². The van der Waals surface area contributed by atoms with Crippen LogP contribution in [0.4, 0.5) is 0 Å². The minimum atomic E-state index is -0.114. The SMILES string of the molecule is COc1cccc(Sc2cnc(Cl)cc2C2=N[C@@H](Cc3ccc(Cl)cc3Cl)CON2)c1. The van der Waals surface area contributed by atoms with Crippen molar-refractivity contribution < 1.29 is 9.57 Å². The van der Waals surface area contributed by atoms with Crippen LogP contribution in [0.1, 0.15) is 11.1 Å². The number of ether oxygens (including phenoxy) is 1. The van der Waals surface area contributed by atoms with Gasteiger partial charge in [-0.25, -0.2) is 10.5 Å². The van der Waals surface area contributed by atoms with E-state index >= 15 is 0 Å². The Morgan fingerprint density at radius 2 is 2.03 bits per heavy atom. The Bertz CT molecular complexity index is 1130. The third-order valence-corrected chi connectivity index (χ3v) is 6.41. The van der Waals surface area contributed by atoms with E-state index in [-0.39, 0.29) is 6.04 Å². The van der Waals surface area contributed by atoms with Crippen LogP contribution < -0.4 is 10.2 Å². The van der Waals surface area contributed by atoms with Gasteiger partial charge in [0.05, 0.1) is 19.8 Å². The summed E-state index contributed by atoms with van der Waals surface area (Å²) in [5.74, 6) is 1.38. The number of nitrogens with zero attached hydrogens (tertiary/aromatic N) is 2. The summed E-state index contributed by atoms with van der Waals surface area (Å²) in [6.45, 7) is 0.416. The predicted octanol–water partition coefficient (Wildman–Crippen LogP) is 6.09. The molecule has 0 amide bonds. The molecule has 160 valence electrons. The molecule has 0 spiro atoms. The maximum Gasteiger partial charge on any atom is 0.154 e. The van der Waals surface area contributed by atoms with Gasteiger partial charge >= 0.3 is 0 Å². The van der Waals surface area contributed by atoms with Gasteiger partial charge in [0.1, 0.15) is 10.9 Å². The second-order valence-corrected chi connectivity index (χ2v) is 9.11. The monoisotopic (exact) mass is 493 g/mol. The van der Waals surface area contributed by atoms with Gasteiger partial charge in [0.15, 0.2) is 5.84 Å². The van der Waals surface area contributed by atoms with Crippen molar-refractivity contribution in [3.63, 3.8) is 0 Å². The van der Waals surface area contributed by atoms with Gasteiger partial charge in [0.25, 0.3) is 0 Å². The Kier molecular flexibility index (Phi) is 7.25. The summed E-state index contributed by atoms with van der Waals surface area (Å²) in [4.78, 5) is 16.6. The number of halogens is 3. The number of rotatable bonds is 6. The zero-order valence-electron chi connectivity index (χ0n) is 16.4. The van der Waals surface area contributed by atoms with Crippen molar-refractivity contribution in [3.8, 4) is 5.75 Å². The first-order valence-electron chi connectivity index (χ1n) is 9.39. The maximum atomic E-state index is 6.33. The van der Waals surface area contributed by atoms with E-state index in [0.29, 0.717) is 34.1 Å². The number of hydrogen-bond acceptors (Lipinski definition) is 6. The molecule has 0 bridgehead atoms. The molecule has 9 heteroatoms. The number of amidine groups is 1. The van der Waals surface area contributed by atoms with Crippen molar-refractivity contribution in [2.75, 3.05) is 13.7 Å². The van der Waals surface area contributed by atoms with Crippen LogP contribution in [0.25, 0.3) is 0 Å². The number of nitrogens with one attached hydrogen (secondary N) is 1. The zero-order chi connectivity index (χ0) is 21.8. The molecule has 1 N–H and O–H groups in total. The minimum absolute atomic E-state index is 0.114. The molecule has 2 aromatic carbocycles. The quantitative estimate of drug-likeness (QED) is 0.420.